The number of aromatic nitrogens is 1. The highest BCUT2D eigenvalue weighted by Crippen LogP contribution is 2.19. The Morgan fingerprint density at radius 1 is 1.25 bits per heavy atom. The van der Waals surface area contributed by atoms with Crippen molar-refractivity contribution in [2.75, 3.05) is 39.8 Å². The van der Waals surface area contributed by atoms with Crippen LogP contribution in [-0.4, -0.2) is 67.8 Å². The number of H-pyrrole nitrogens is 1. The van der Waals surface area contributed by atoms with E-state index in [1.165, 1.54) is 17.7 Å². The second-order valence-electron chi connectivity index (χ2n) is 7.55. The molecule has 1 aliphatic heterocycles. The van der Waals surface area contributed by atoms with Gasteiger partial charge in [-0.05, 0) is 50.5 Å². The average Bonchev–Trinajstić information content (AvgIpc) is 3.05. The van der Waals surface area contributed by atoms with E-state index in [4.69, 9.17) is 4.74 Å². The topological polar surface area (TPSA) is 64.7 Å². The number of hydrogen-bond acceptors (Lipinski definition) is 3. The summed E-state index contributed by atoms with van der Waals surface area (Å²) in [7, 11) is 1.79. The number of guanidine groups is 1. The van der Waals surface area contributed by atoms with Crippen LogP contribution in [0.15, 0.2) is 29.4 Å². The van der Waals surface area contributed by atoms with E-state index in [1.54, 1.807) is 7.05 Å². The third-order valence-corrected chi connectivity index (χ3v) is 5.08. The summed E-state index contributed by atoms with van der Waals surface area (Å²) in [6.07, 6.45) is 4.48. The summed E-state index contributed by atoms with van der Waals surface area (Å²) < 4.78 is 19.1. The molecule has 7 heteroatoms. The van der Waals surface area contributed by atoms with Crippen LogP contribution in [0.4, 0.5) is 4.39 Å². The van der Waals surface area contributed by atoms with Crippen molar-refractivity contribution in [3.05, 3.63) is 35.8 Å². The van der Waals surface area contributed by atoms with Gasteiger partial charge in [-0.25, -0.2) is 4.39 Å². The van der Waals surface area contributed by atoms with Gasteiger partial charge >= 0.3 is 0 Å². The lowest BCUT2D eigenvalue weighted by Crippen LogP contribution is -2.46. The van der Waals surface area contributed by atoms with E-state index in [9.17, 15) is 4.39 Å². The van der Waals surface area contributed by atoms with E-state index >= 15 is 0 Å². The normalized spacial score (nSPS) is 21.2. The molecule has 6 nitrogen and oxygen atoms in total. The number of aliphatic imine (C=N–C) groups is 1. The molecule has 2 unspecified atom stereocenters. The van der Waals surface area contributed by atoms with E-state index in [0.29, 0.717) is 12.2 Å². The van der Waals surface area contributed by atoms with Crippen LogP contribution in [0.1, 0.15) is 25.8 Å². The molecule has 0 bridgehead atoms. The van der Waals surface area contributed by atoms with Gasteiger partial charge in [-0.1, -0.05) is 0 Å². The first-order valence-corrected chi connectivity index (χ1v) is 10.1. The maximum Gasteiger partial charge on any atom is 0.190 e. The minimum atomic E-state index is -0.218. The maximum absolute atomic E-state index is 13.3. The summed E-state index contributed by atoms with van der Waals surface area (Å²) >= 11 is 0. The van der Waals surface area contributed by atoms with Gasteiger partial charge in [0.15, 0.2) is 5.96 Å². The molecule has 0 saturated carbocycles. The number of rotatable bonds is 7. The Balaban J connectivity index is 1.36. The van der Waals surface area contributed by atoms with Crippen LogP contribution in [0.5, 0.6) is 0 Å². The van der Waals surface area contributed by atoms with Crippen molar-refractivity contribution in [3.63, 3.8) is 0 Å². The minimum absolute atomic E-state index is 0.218. The fourth-order valence-electron chi connectivity index (χ4n) is 3.88. The highest BCUT2D eigenvalue weighted by Gasteiger charge is 2.21. The van der Waals surface area contributed by atoms with Gasteiger partial charge in [-0.15, -0.1) is 0 Å². The molecule has 3 rings (SSSR count). The molecule has 1 aromatic heterocycles. The third-order valence-electron chi connectivity index (χ3n) is 5.08. The number of nitrogens with one attached hydrogen (secondary N) is 3. The summed E-state index contributed by atoms with van der Waals surface area (Å²) in [5.74, 6) is 0.597. The molecule has 1 aliphatic rings. The number of nitrogens with zero attached hydrogens (tertiary/aromatic N) is 2. The fourth-order valence-corrected chi connectivity index (χ4v) is 3.88. The second-order valence-corrected chi connectivity index (χ2v) is 7.55. The zero-order valence-corrected chi connectivity index (χ0v) is 17.1. The van der Waals surface area contributed by atoms with Gasteiger partial charge in [0.2, 0.25) is 0 Å². The van der Waals surface area contributed by atoms with Crippen LogP contribution in [-0.2, 0) is 11.2 Å². The molecule has 0 aliphatic carbocycles. The molecule has 1 aromatic carbocycles. The van der Waals surface area contributed by atoms with Crippen LogP contribution >= 0.6 is 0 Å². The van der Waals surface area contributed by atoms with Gasteiger partial charge in [-0.3, -0.25) is 9.89 Å². The molecular formula is C21H32FN5O. The Bertz CT molecular complexity index is 780. The Kier molecular flexibility index (Phi) is 7.28. The molecule has 2 aromatic rings. The van der Waals surface area contributed by atoms with Crippen molar-refractivity contribution in [3.8, 4) is 0 Å². The first-order valence-electron chi connectivity index (χ1n) is 10.1. The lowest BCUT2D eigenvalue weighted by molar-refractivity contribution is -0.0679. The zero-order valence-electron chi connectivity index (χ0n) is 17.1. The largest absolute Gasteiger partial charge is 0.373 e. The van der Waals surface area contributed by atoms with E-state index in [0.717, 1.165) is 62.4 Å². The number of morpholine rings is 1. The van der Waals surface area contributed by atoms with E-state index < -0.39 is 0 Å². The Morgan fingerprint density at radius 3 is 2.75 bits per heavy atom. The van der Waals surface area contributed by atoms with Crippen molar-refractivity contribution < 1.29 is 9.13 Å². The lowest BCUT2D eigenvalue weighted by atomic mass is 10.1. The van der Waals surface area contributed by atoms with Gasteiger partial charge in [0.25, 0.3) is 0 Å². The van der Waals surface area contributed by atoms with Crippen LogP contribution < -0.4 is 10.6 Å². The summed E-state index contributed by atoms with van der Waals surface area (Å²) in [6, 6.07) is 4.86. The van der Waals surface area contributed by atoms with Crippen LogP contribution in [0.25, 0.3) is 10.9 Å². The molecule has 2 atom stereocenters. The first kappa shape index (κ1) is 20.6. The summed E-state index contributed by atoms with van der Waals surface area (Å²) in [6.45, 7) is 8.99. The minimum Gasteiger partial charge on any atom is -0.373 e. The first-order chi connectivity index (χ1) is 13.5. The predicted molar refractivity (Wildman–Crippen MR) is 112 cm³/mol. The van der Waals surface area contributed by atoms with Crippen molar-refractivity contribution in [1.82, 2.24) is 20.5 Å². The monoisotopic (exact) mass is 389 g/mol. The lowest BCUT2D eigenvalue weighted by Gasteiger charge is -2.35. The summed E-state index contributed by atoms with van der Waals surface area (Å²) in [5, 5.41) is 7.80. The molecule has 0 amide bonds. The molecule has 1 fully saturated rings. The van der Waals surface area contributed by atoms with E-state index in [-0.39, 0.29) is 5.82 Å². The quantitative estimate of drug-likeness (QED) is 0.387. The molecule has 0 radical (unpaired) electrons. The fraction of sp³-hybridized carbons (Fsp3) is 0.571. The number of aromatic amines is 1. The average molecular weight is 390 g/mol. The molecule has 2 heterocycles. The molecule has 1 saturated heterocycles. The smallest absolute Gasteiger partial charge is 0.190 e. The molecule has 3 N–H and O–H groups in total. The number of ether oxygens (including phenoxy) is 1. The van der Waals surface area contributed by atoms with Gasteiger partial charge in [-0.2, -0.15) is 0 Å². The van der Waals surface area contributed by atoms with Crippen molar-refractivity contribution in [1.29, 1.82) is 0 Å². The molecular weight excluding hydrogens is 357 g/mol. The Morgan fingerprint density at radius 2 is 2.00 bits per heavy atom. The molecule has 154 valence electrons. The standard InChI is InChI=1S/C21H32FN5O/c1-15-13-27(14-16(2)28-15)10-4-8-24-21(23-3)25-9-7-17-12-26-20-11-18(22)5-6-19(17)20/h5-6,11-12,15-16,26H,4,7-10,13-14H2,1-3H3,(H2,23,24,25). The SMILES string of the molecule is CN=C(NCCCN1CC(C)OC(C)C1)NCCc1c[nH]c2cc(F)ccc12. The predicted octanol–water partition coefficient (Wildman–Crippen LogP) is 2.51. The number of hydrogen-bond donors (Lipinski definition) is 3. The highest BCUT2D eigenvalue weighted by atomic mass is 19.1. The van der Waals surface area contributed by atoms with Crippen LogP contribution in [0.2, 0.25) is 0 Å². The number of halogens is 1. The number of fused-ring (bicyclic) bond motifs is 1. The van der Waals surface area contributed by atoms with Gasteiger partial charge in [0.1, 0.15) is 5.82 Å². The number of benzene rings is 1. The maximum atomic E-state index is 13.3. The van der Waals surface area contributed by atoms with Crippen molar-refractivity contribution in [2.24, 2.45) is 4.99 Å². The third kappa shape index (κ3) is 5.69. The molecule has 28 heavy (non-hydrogen) atoms. The van der Waals surface area contributed by atoms with Gasteiger partial charge in [0, 0.05) is 56.9 Å². The Labute approximate surface area is 166 Å². The van der Waals surface area contributed by atoms with E-state index in [1.807, 2.05) is 12.3 Å². The van der Waals surface area contributed by atoms with Crippen molar-refractivity contribution >= 4 is 16.9 Å². The summed E-state index contributed by atoms with van der Waals surface area (Å²) in [4.78, 5) is 9.89. The van der Waals surface area contributed by atoms with E-state index in [2.05, 4.69) is 39.4 Å². The van der Waals surface area contributed by atoms with Crippen LogP contribution in [0, 0.1) is 5.82 Å². The van der Waals surface area contributed by atoms with Gasteiger partial charge in [0.05, 0.1) is 12.2 Å². The molecule has 0 spiro atoms. The Hall–Kier alpha value is -2.12. The summed E-state index contributed by atoms with van der Waals surface area (Å²) in [5.41, 5.74) is 2.01. The van der Waals surface area contributed by atoms with Gasteiger partial charge < -0.3 is 20.4 Å². The van der Waals surface area contributed by atoms with Crippen molar-refractivity contribution in [2.45, 2.75) is 38.9 Å². The van der Waals surface area contributed by atoms with Crippen LogP contribution in [0.3, 0.4) is 0 Å². The highest BCUT2D eigenvalue weighted by molar-refractivity contribution is 5.83. The zero-order chi connectivity index (χ0) is 19.9. The second kappa shape index (κ2) is 9.89.